The lowest BCUT2D eigenvalue weighted by atomic mass is 9.98. The van der Waals surface area contributed by atoms with Crippen molar-refractivity contribution in [3.63, 3.8) is 0 Å². The van der Waals surface area contributed by atoms with Crippen LogP contribution in [0.1, 0.15) is 61.8 Å². The van der Waals surface area contributed by atoms with Gasteiger partial charge in [0.15, 0.2) is 0 Å². The number of amides is 1. The van der Waals surface area contributed by atoms with Crippen LogP contribution in [0, 0.1) is 27.7 Å². The predicted molar refractivity (Wildman–Crippen MR) is 203 cm³/mol. The minimum absolute atomic E-state index is 0.0379. The minimum Gasteiger partial charge on any atom is -0.494 e. The van der Waals surface area contributed by atoms with Crippen LogP contribution >= 0.6 is 23.2 Å². The van der Waals surface area contributed by atoms with Crippen molar-refractivity contribution < 1.29 is 24.5 Å². The van der Waals surface area contributed by atoms with Crippen LogP contribution in [0.5, 0.6) is 5.75 Å². The van der Waals surface area contributed by atoms with Gasteiger partial charge in [-0.15, -0.1) is 0 Å². The second-order valence-electron chi connectivity index (χ2n) is 13.4. The molecule has 3 aromatic heterocycles. The standard InChI is InChI=1S/C39H40Cl2N6O5/c1-21-16-26(17-22(2)35(21)41)52-15-6-8-27-28-9-10-31(40)34(33-23(3)43-44(5)24(33)4)36(28)46-12-7-11-45(38(49)37(27)46)25-18-29(39(50)51)30-20-42-47(13-14-48)32(30)19-25/h9-10,16-20,48H,6-8,11-15H2,1-5H3,(H,50,51). The zero-order valence-electron chi connectivity index (χ0n) is 29.8. The van der Waals surface area contributed by atoms with E-state index in [1.165, 1.54) is 6.20 Å². The Labute approximate surface area is 310 Å². The molecular formula is C39H40Cl2N6O5. The quantitative estimate of drug-likeness (QED) is 0.138. The number of benzene rings is 3. The van der Waals surface area contributed by atoms with Crippen LogP contribution in [-0.4, -0.2) is 66.0 Å². The number of carboxylic acid groups (broad SMARTS) is 1. The molecule has 0 aliphatic carbocycles. The van der Waals surface area contributed by atoms with E-state index >= 15 is 4.79 Å². The summed E-state index contributed by atoms with van der Waals surface area (Å²) in [6.07, 6.45) is 3.26. The van der Waals surface area contributed by atoms with E-state index in [9.17, 15) is 15.0 Å². The number of ether oxygens (including phenoxy) is 1. The second kappa shape index (κ2) is 13.9. The number of carboxylic acids is 1. The Morgan fingerprint density at radius 2 is 1.75 bits per heavy atom. The van der Waals surface area contributed by atoms with Crippen LogP contribution in [0.25, 0.3) is 32.9 Å². The van der Waals surface area contributed by atoms with E-state index in [1.807, 2.05) is 63.7 Å². The van der Waals surface area contributed by atoms with Crippen molar-refractivity contribution in [1.82, 2.24) is 24.1 Å². The Bertz CT molecular complexity index is 2380. The van der Waals surface area contributed by atoms with Gasteiger partial charge in [0.2, 0.25) is 0 Å². The van der Waals surface area contributed by atoms with E-state index in [-0.39, 0.29) is 24.6 Å². The first-order valence-corrected chi connectivity index (χ1v) is 18.1. The fraction of sp³-hybridized carbons (Fsp3) is 0.333. The molecular weight excluding hydrogens is 703 g/mol. The van der Waals surface area contributed by atoms with Crippen LogP contribution in [0.15, 0.2) is 42.6 Å². The summed E-state index contributed by atoms with van der Waals surface area (Å²) in [5.41, 5.74) is 8.76. The van der Waals surface area contributed by atoms with Crippen LogP contribution < -0.4 is 9.64 Å². The molecule has 0 fully saturated rings. The molecule has 6 aromatic rings. The highest BCUT2D eigenvalue weighted by molar-refractivity contribution is 6.35. The molecule has 1 amide bonds. The molecule has 0 saturated carbocycles. The summed E-state index contributed by atoms with van der Waals surface area (Å²) in [6.45, 7) is 9.22. The van der Waals surface area contributed by atoms with Gasteiger partial charge in [-0.2, -0.15) is 10.2 Å². The van der Waals surface area contributed by atoms with Crippen LogP contribution in [-0.2, 0) is 26.6 Å². The molecule has 4 heterocycles. The van der Waals surface area contributed by atoms with Crippen molar-refractivity contribution in [1.29, 1.82) is 0 Å². The Morgan fingerprint density at radius 3 is 2.42 bits per heavy atom. The van der Waals surface area contributed by atoms with Crippen molar-refractivity contribution in [2.75, 3.05) is 24.7 Å². The van der Waals surface area contributed by atoms with E-state index in [4.69, 9.17) is 27.9 Å². The number of nitrogens with zero attached hydrogens (tertiary/aromatic N) is 6. The second-order valence-corrected chi connectivity index (χ2v) is 14.2. The van der Waals surface area contributed by atoms with Gasteiger partial charge in [0.25, 0.3) is 5.91 Å². The Hall–Kier alpha value is -4.84. The summed E-state index contributed by atoms with van der Waals surface area (Å²) in [6, 6.07) is 11.1. The Morgan fingerprint density at radius 1 is 1.00 bits per heavy atom. The monoisotopic (exact) mass is 742 g/mol. The number of halogens is 2. The summed E-state index contributed by atoms with van der Waals surface area (Å²) < 4.78 is 11.7. The first kappa shape index (κ1) is 35.6. The summed E-state index contributed by atoms with van der Waals surface area (Å²) >= 11 is 13.4. The Balaban J connectivity index is 1.37. The van der Waals surface area contributed by atoms with Crippen molar-refractivity contribution in [3.8, 4) is 16.9 Å². The van der Waals surface area contributed by atoms with Crippen molar-refractivity contribution >= 4 is 62.6 Å². The Kier molecular flexibility index (Phi) is 9.54. The maximum absolute atomic E-state index is 15.0. The van der Waals surface area contributed by atoms with E-state index in [0.717, 1.165) is 60.9 Å². The molecule has 52 heavy (non-hydrogen) atoms. The van der Waals surface area contributed by atoms with Gasteiger partial charge in [-0.25, -0.2) is 4.79 Å². The van der Waals surface area contributed by atoms with E-state index < -0.39 is 5.97 Å². The summed E-state index contributed by atoms with van der Waals surface area (Å²) in [7, 11) is 1.91. The molecule has 2 N–H and O–H groups in total. The number of anilines is 1. The van der Waals surface area contributed by atoms with Gasteiger partial charge in [0.1, 0.15) is 11.4 Å². The molecule has 13 heteroatoms. The number of aliphatic hydroxyl groups is 1. The third-order valence-corrected chi connectivity index (χ3v) is 11.0. The molecule has 0 atom stereocenters. The summed E-state index contributed by atoms with van der Waals surface area (Å²) in [4.78, 5) is 29.2. The van der Waals surface area contributed by atoms with Gasteiger partial charge in [-0.1, -0.05) is 29.3 Å². The number of carbonyl (C=O) groups excluding carboxylic acids is 1. The minimum atomic E-state index is -1.12. The number of rotatable bonds is 10. The number of hydrogen-bond donors (Lipinski definition) is 2. The van der Waals surface area contributed by atoms with Crippen molar-refractivity contribution in [2.24, 2.45) is 7.05 Å². The molecule has 3 aromatic carbocycles. The summed E-state index contributed by atoms with van der Waals surface area (Å²) in [5, 5.41) is 31.5. The fourth-order valence-corrected chi connectivity index (χ4v) is 8.00. The number of aromatic carboxylic acids is 1. The third kappa shape index (κ3) is 6.00. The van der Waals surface area contributed by atoms with E-state index in [0.29, 0.717) is 66.3 Å². The largest absolute Gasteiger partial charge is 0.494 e. The molecule has 1 aliphatic heterocycles. The van der Waals surface area contributed by atoms with Gasteiger partial charge in [0, 0.05) is 58.4 Å². The number of aromatic nitrogens is 5. The van der Waals surface area contributed by atoms with Gasteiger partial charge < -0.3 is 24.4 Å². The molecule has 1 aliphatic rings. The highest BCUT2D eigenvalue weighted by Crippen LogP contribution is 2.43. The van der Waals surface area contributed by atoms with E-state index in [2.05, 4.69) is 14.8 Å². The molecule has 7 rings (SSSR count). The molecule has 0 bridgehead atoms. The maximum Gasteiger partial charge on any atom is 0.336 e. The molecule has 0 spiro atoms. The van der Waals surface area contributed by atoms with Crippen molar-refractivity contribution in [3.05, 3.63) is 92.0 Å². The predicted octanol–water partition coefficient (Wildman–Crippen LogP) is 7.68. The van der Waals surface area contributed by atoms with Crippen LogP contribution in [0.4, 0.5) is 5.69 Å². The molecule has 11 nitrogen and oxygen atoms in total. The first-order valence-electron chi connectivity index (χ1n) is 17.3. The highest BCUT2D eigenvalue weighted by atomic mass is 35.5. The zero-order chi connectivity index (χ0) is 37.0. The zero-order valence-corrected chi connectivity index (χ0v) is 31.3. The van der Waals surface area contributed by atoms with Crippen LogP contribution in [0.2, 0.25) is 10.0 Å². The van der Waals surface area contributed by atoms with Crippen molar-refractivity contribution in [2.45, 2.75) is 60.0 Å². The number of carbonyl (C=O) groups is 2. The SMILES string of the molecule is Cc1cc(OCCCc2c3n(c4c(-c5c(C)nn(C)c5C)c(Cl)ccc24)CCCN(c2cc(C(=O)O)c4cnn(CCO)c4c2)C3=O)cc(C)c1Cl. The topological polar surface area (TPSA) is 128 Å². The normalized spacial score (nSPS) is 13.3. The van der Waals surface area contributed by atoms with Gasteiger partial charge in [-0.3, -0.25) is 14.2 Å². The number of fused-ring (bicyclic) bond motifs is 4. The third-order valence-electron chi connectivity index (χ3n) is 10.1. The first-order chi connectivity index (χ1) is 24.9. The molecule has 270 valence electrons. The van der Waals surface area contributed by atoms with Gasteiger partial charge in [-0.05, 0) is 94.0 Å². The number of hydrogen-bond acceptors (Lipinski definition) is 6. The average Bonchev–Trinajstić information content (AvgIpc) is 3.69. The molecule has 0 unspecified atom stereocenters. The van der Waals surface area contributed by atoms with E-state index in [1.54, 1.807) is 21.7 Å². The maximum atomic E-state index is 15.0. The highest BCUT2D eigenvalue weighted by Gasteiger charge is 2.33. The molecule has 0 radical (unpaired) electrons. The number of aliphatic hydroxyl groups excluding tert-OH is 1. The molecule has 0 saturated heterocycles. The smallest absolute Gasteiger partial charge is 0.336 e. The van der Waals surface area contributed by atoms with Crippen LogP contribution in [0.3, 0.4) is 0 Å². The van der Waals surface area contributed by atoms with Gasteiger partial charge in [0.05, 0.1) is 53.3 Å². The van der Waals surface area contributed by atoms with Gasteiger partial charge >= 0.3 is 5.97 Å². The lowest BCUT2D eigenvalue weighted by molar-refractivity contribution is 0.0698. The lowest BCUT2D eigenvalue weighted by Gasteiger charge is -2.22. The summed E-state index contributed by atoms with van der Waals surface area (Å²) in [5.74, 6) is -0.622. The number of aryl methyl sites for hydroxylation is 6. The lowest BCUT2D eigenvalue weighted by Crippen LogP contribution is -2.32. The fourth-order valence-electron chi connectivity index (χ4n) is 7.65. The average molecular weight is 744 g/mol.